The molecule has 0 saturated heterocycles. The van der Waals surface area contributed by atoms with E-state index in [2.05, 4.69) is 169 Å². The molecule has 2 aromatic heterocycles. The molecule has 5 heteroatoms. The summed E-state index contributed by atoms with van der Waals surface area (Å²) in [6, 6.07) is 70.1. The first-order chi connectivity index (χ1) is 29.7. The molecule has 0 saturated carbocycles. The van der Waals surface area contributed by atoms with Gasteiger partial charge in [0.25, 0.3) is 0 Å². The minimum atomic E-state index is -0.543. The van der Waals surface area contributed by atoms with E-state index >= 15 is 0 Å². The third-order valence-corrected chi connectivity index (χ3v) is 12.1. The molecule has 0 bridgehead atoms. The van der Waals surface area contributed by atoms with Gasteiger partial charge in [-0.25, -0.2) is 15.0 Å². The zero-order chi connectivity index (χ0) is 39.6. The highest BCUT2D eigenvalue weighted by atomic mass is 16.5. The standard InChI is InChI=1S/C55H34N4O/c1-2-13-37(14-3-1)52-57-53(38-28-26-35(27-29-38)42-21-11-15-36-18-12-32-56-51(36)42)59-54(58-52)41-17-10-16-39(33-41)40-30-31-50-48(34-40)55(47-24-8-9-25-49(47)60-50)45-22-6-4-19-43(45)44-20-5-7-23-46(44)55/h1-34H. The van der Waals surface area contributed by atoms with Gasteiger partial charge in [0.1, 0.15) is 11.5 Å². The molecule has 1 aliphatic carbocycles. The molecule has 280 valence electrons. The molecule has 10 aromatic rings. The van der Waals surface area contributed by atoms with Crippen molar-refractivity contribution in [1.82, 2.24) is 19.9 Å². The average Bonchev–Trinajstić information content (AvgIpc) is 3.62. The highest BCUT2D eigenvalue weighted by Crippen LogP contribution is 2.62. The van der Waals surface area contributed by atoms with Crippen LogP contribution in [0, 0.1) is 0 Å². The summed E-state index contributed by atoms with van der Waals surface area (Å²) in [5.74, 6) is 3.57. The maximum Gasteiger partial charge on any atom is 0.164 e. The van der Waals surface area contributed by atoms with Crippen LogP contribution in [-0.4, -0.2) is 19.9 Å². The topological polar surface area (TPSA) is 60.8 Å². The Balaban J connectivity index is 0.981. The van der Waals surface area contributed by atoms with Gasteiger partial charge >= 0.3 is 0 Å². The van der Waals surface area contributed by atoms with E-state index in [9.17, 15) is 0 Å². The van der Waals surface area contributed by atoms with Crippen molar-refractivity contribution in [3.63, 3.8) is 0 Å². The van der Waals surface area contributed by atoms with E-state index in [0.717, 1.165) is 72.5 Å². The average molecular weight is 767 g/mol. The van der Waals surface area contributed by atoms with Crippen LogP contribution in [-0.2, 0) is 5.41 Å². The molecule has 8 aromatic carbocycles. The Kier molecular flexibility index (Phi) is 7.69. The quantitative estimate of drug-likeness (QED) is 0.175. The number of ether oxygens (including phenoxy) is 1. The van der Waals surface area contributed by atoms with Crippen molar-refractivity contribution >= 4 is 10.9 Å². The summed E-state index contributed by atoms with van der Waals surface area (Å²) in [7, 11) is 0. The Morgan fingerprint density at radius 2 is 0.850 bits per heavy atom. The first kappa shape index (κ1) is 34.1. The molecule has 3 heterocycles. The van der Waals surface area contributed by atoms with Crippen LogP contribution in [0.25, 0.3) is 78.4 Å². The fourth-order valence-electron chi connectivity index (χ4n) is 9.36. The third-order valence-electron chi connectivity index (χ3n) is 12.1. The number of pyridine rings is 1. The first-order valence-corrected chi connectivity index (χ1v) is 20.2. The van der Waals surface area contributed by atoms with Crippen LogP contribution < -0.4 is 4.74 Å². The second-order valence-corrected chi connectivity index (χ2v) is 15.4. The van der Waals surface area contributed by atoms with E-state index in [1.165, 1.54) is 22.3 Å². The van der Waals surface area contributed by atoms with E-state index in [0.29, 0.717) is 17.5 Å². The number of hydrogen-bond acceptors (Lipinski definition) is 5. The van der Waals surface area contributed by atoms with E-state index < -0.39 is 5.41 Å². The normalized spacial score (nSPS) is 12.9. The summed E-state index contributed by atoms with van der Waals surface area (Å²) in [4.78, 5) is 19.9. The van der Waals surface area contributed by atoms with Crippen LogP contribution >= 0.6 is 0 Å². The molecule has 0 atom stereocenters. The summed E-state index contributed by atoms with van der Waals surface area (Å²) in [5, 5.41) is 1.11. The van der Waals surface area contributed by atoms with Crippen molar-refractivity contribution in [2.75, 3.05) is 0 Å². The van der Waals surface area contributed by atoms with Gasteiger partial charge in [-0.3, -0.25) is 4.98 Å². The van der Waals surface area contributed by atoms with Gasteiger partial charge < -0.3 is 4.74 Å². The molecule has 0 amide bonds. The lowest BCUT2D eigenvalue weighted by Gasteiger charge is -2.39. The largest absolute Gasteiger partial charge is 0.457 e. The van der Waals surface area contributed by atoms with Gasteiger partial charge in [-0.15, -0.1) is 0 Å². The van der Waals surface area contributed by atoms with Crippen LogP contribution in [0.5, 0.6) is 11.5 Å². The van der Waals surface area contributed by atoms with E-state index in [-0.39, 0.29) is 0 Å². The molecule has 0 fully saturated rings. The Morgan fingerprint density at radius 3 is 1.62 bits per heavy atom. The van der Waals surface area contributed by atoms with Crippen LogP contribution in [0.2, 0.25) is 0 Å². The number of para-hydroxylation sites is 2. The molecular formula is C55H34N4O. The van der Waals surface area contributed by atoms with Gasteiger partial charge in [-0.05, 0) is 69.3 Å². The second-order valence-electron chi connectivity index (χ2n) is 15.4. The van der Waals surface area contributed by atoms with Crippen molar-refractivity contribution in [2.45, 2.75) is 5.41 Å². The van der Waals surface area contributed by atoms with Crippen molar-refractivity contribution in [3.05, 3.63) is 229 Å². The fourth-order valence-corrected chi connectivity index (χ4v) is 9.36. The highest BCUT2D eigenvalue weighted by Gasteiger charge is 2.51. The monoisotopic (exact) mass is 766 g/mol. The van der Waals surface area contributed by atoms with Gasteiger partial charge in [0.2, 0.25) is 0 Å². The molecule has 12 rings (SSSR count). The predicted molar refractivity (Wildman–Crippen MR) is 240 cm³/mol. The molecule has 1 aliphatic heterocycles. The maximum absolute atomic E-state index is 6.71. The van der Waals surface area contributed by atoms with Gasteiger partial charge in [0.05, 0.1) is 10.9 Å². The van der Waals surface area contributed by atoms with Gasteiger partial charge in [-0.2, -0.15) is 0 Å². The second kappa shape index (κ2) is 13.5. The van der Waals surface area contributed by atoms with Crippen molar-refractivity contribution in [1.29, 1.82) is 0 Å². The highest BCUT2D eigenvalue weighted by molar-refractivity contribution is 5.94. The van der Waals surface area contributed by atoms with Gasteiger partial charge in [0, 0.05) is 45.0 Å². The molecule has 0 N–H and O–H groups in total. The Bertz CT molecular complexity index is 3250. The minimum Gasteiger partial charge on any atom is -0.457 e. The Labute approximate surface area is 347 Å². The number of benzene rings is 8. The molecular weight excluding hydrogens is 733 g/mol. The lowest BCUT2D eigenvalue weighted by atomic mass is 9.66. The summed E-state index contributed by atoms with van der Waals surface area (Å²) in [5.41, 5.74) is 14.8. The number of aromatic nitrogens is 4. The van der Waals surface area contributed by atoms with Crippen molar-refractivity contribution < 1.29 is 4.74 Å². The molecule has 5 nitrogen and oxygen atoms in total. The first-order valence-electron chi connectivity index (χ1n) is 20.2. The van der Waals surface area contributed by atoms with Crippen LogP contribution in [0.15, 0.2) is 206 Å². The molecule has 0 radical (unpaired) electrons. The lowest BCUT2D eigenvalue weighted by Crippen LogP contribution is -2.32. The molecule has 60 heavy (non-hydrogen) atoms. The Morgan fingerprint density at radius 1 is 0.333 bits per heavy atom. The number of rotatable bonds is 5. The smallest absolute Gasteiger partial charge is 0.164 e. The fraction of sp³-hybridized carbons (Fsp3) is 0.0182. The van der Waals surface area contributed by atoms with E-state index in [1.54, 1.807) is 0 Å². The maximum atomic E-state index is 6.71. The van der Waals surface area contributed by atoms with Gasteiger partial charge in [-0.1, -0.05) is 170 Å². The van der Waals surface area contributed by atoms with Crippen LogP contribution in [0.4, 0.5) is 0 Å². The van der Waals surface area contributed by atoms with Crippen molar-refractivity contribution in [2.24, 2.45) is 0 Å². The molecule has 0 unspecified atom stereocenters. The lowest BCUT2D eigenvalue weighted by molar-refractivity contribution is 0.436. The number of fused-ring (bicyclic) bond motifs is 10. The predicted octanol–water partition coefficient (Wildman–Crippen LogP) is 13.2. The molecule has 2 aliphatic rings. The van der Waals surface area contributed by atoms with E-state index in [1.807, 2.05) is 42.6 Å². The minimum absolute atomic E-state index is 0.543. The van der Waals surface area contributed by atoms with E-state index in [4.69, 9.17) is 19.7 Å². The van der Waals surface area contributed by atoms with Crippen molar-refractivity contribution in [3.8, 4) is 79.0 Å². The summed E-state index contributed by atoms with van der Waals surface area (Å²) >= 11 is 0. The van der Waals surface area contributed by atoms with Crippen LogP contribution in [0.1, 0.15) is 22.3 Å². The van der Waals surface area contributed by atoms with Gasteiger partial charge in [0.15, 0.2) is 17.5 Å². The SMILES string of the molecule is c1ccc(-c2nc(-c3ccc(-c4cccc5cccnc45)cc3)nc(-c3cccc(-c4ccc5c(c4)C4(c6ccccc6O5)c5ccccc5-c5ccccc54)c3)n2)cc1. The number of hydrogen-bond donors (Lipinski definition) is 0. The third kappa shape index (κ3) is 5.26. The van der Waals surface area contributed by atoms with Crippen LogP contribution in [0.3, 0.4) is 0 Å². The number of nitrogens with zero attached hydrogens (tertiary/aromatic N) is 4. The zero-order valence-electron chi connectivity index (χ0n) is 32.3. The molecule has 1 spiro atoms. The summed E-state index contributed by atoms with van der Waals surface area (Å²) in [6.45, 7) is 0. The zero-order valence-corrected chi connectivity index (χ0v) is 32.3. The summed E-state index contributed by atoms with van der Waals surface area (Å²) in [6.07, 6.45) is 1.84. The Hall–Kier alpha value is -8.02. The summed E-state index contributed by atoms with van der Waals surface area (Å²) < 4.78 is 6.71.